The SMILES string of the molecule is CNC(=O)CNC(=O)CC1(c2ccc(OCc3cc(C)cc(C)c3)cc2)CCN(C(CC(C)C)C(=O)NO)C1=O. The van der Waals surface area contributed by atoms with Gasteiger partial charge in [-0.3, -0.25) is 24.4 Å². The highest BCUT2D eigenvalue weighted by Gasteiger charge is 2.52. The van der Waals surface area contributed by atoms with Gasteiger partial charge in [-0.1, -0.05) is 55.3 Å². The van der Waals surface area contributed by atoms with Crippen LogP contribution < -0.4 is 20.9 Å². The first-order chi connectivity index (χ1) is 19.0. The standard InChI is InChI=1S/C30H40N4O6/c1-19(2)12-25(28(37)33-39)34-11-10-30(29(34)38,16-26(35)32-17-27(36)31-5)23-6-8-24(9-7-23)40-18-22-14-20(3)13-21(4)15-22/h6-9,13-15,19,25,39H,10-12,16-18H2,1-5H3,(H,31,36)(H,32,35)(H,33,37). The largest absolute Gasteiger partial charge is 0.489 e. The molecule has 2 atom stereocenters. The topological polar surface area (TPSA) is 137 Å². The number of benzene rings is 2. The number of likely N-dealkylation sites (tertiary alicyclic amines) is 1. The summed E-state index contributed by atoms with van der Waals surface area (Å²) in [5.74, 6) is -1.17. The minimum absolute atomic E-state index is 0.0783. The molecule has 0 spiro atoms. The second-order valence-corrected chi connectivity index (χ2v) is 10.9. The molecular weight excluding hydrogens is 512 g/mol. The fourth-order valence-electron chi connectivity index (χ4n) is 5.32. The normalized spacial score (nSPS) is 17.5. The van der Waals surface area contributed by atoms with E-state index in [-0.39, 0.29) is 43.7 Å². The Labute approximate surface area is 235 Å². The van der Waals surface area contributed by atoms with Crippen LogP contribution in [-0.2, 0) is 31.2 Å². The van der Waals surface area contributed by atoms with E-state index in [0.29, 0.717) is 24.3 Å². The Kier molecular flexibility index (Phi) is 10.3. The Morgan fingerprint density at radius 1 is 1.05 bits per heavy atom. The molecule has 1 saturated heterocycles. The molecule has 40 heavy (non-hydrogen) atoms. The van der Waals surface area contributed by atoms with Crippen LogP contribution in [0.1, 0.15) is 55.4 Å². The van der Waals surface area contributed by atoms with E-state index < -0.39 is 23.3 Å². The number of hydrogen-bond donors (Lipinski definition) is 4. The van der Waals surface area contributed by atoms with Crippen molar-refractivity contribution >= 4 is 23.6 Å². The molecule has 2 aromatic carbocycles. The Morgan fingerprint density at radius 3 is 2.27 bits per heavy atom. The van der Waals surface area contributed by atoms with E-state index >= 15 is 0 Å². The molecule has 0 saturated carbocycles. The molecule has 2 aromatic rings. The zero-order valence-electron chi connectivity index (χ0n) is 23.9. The third-order valence-corrected chi connectivity index (χ3v) is 7.21. The highest BCUT2D eigenvalue weighted by atomic mass is 16.5. The van der Waals surface area contributed by atoms with E-state index in [2.05, 4.69) is 28.8 Å². The van der Waals surface area contributed by atoms with Gasteiger partial charge in [0.2, 0.25) is 17.7 Å². The van der Waals surface area contributed by atoms with Gasteiger partial charge in [0.15, 0.2) is 0 Å². The minimum atomic E-state index is -1.25. The van der Waals surface area contributed by atoms with Crippen LogP contribution in [-0.4, -0.2) is 59.9 Å². The van der Waals surface area contributed by atoms with Gasteiger partial charge in [-0.05, 0) is 55.9 Å². The maximum Gasteiger partial charge on any atom is 0.266 e. The van der Waals surface area contributed by atoms with Crippen LogP contribution in [0.5, 0.6) is 5.75 Å². The second-order valence-electron chi connectivity index (χ2n) is 10.9. The van der Waals surface area contributed by atoms with E-state index in [9.17, 15) is 24.4 Å². The molecule has 0 bridgehead atoms. The summed E-state index contributed by atoms with van der Waals surface area (Å²) >= 11 is 0. The summed E-state index contributed by atoms with van der Waals surface area (Å²) in [6.07, 6.45) is 0.439. The zero-order chi connectivity index (χ0) is 29.4. The molecule has 3 rings (SSSR count). The molecule has 4 amide bonds. The van der Waals surface area contributed by atoms with Gasteiger partial charge in [0.25, 0.3) is 5.91 Å². The summed E-state index contributed by atoms with van der Waals surface area (Å²) in [6.45, 7) is 8.33. The first-order valence-electron chi connectivity index (χ1n) is 13.5. The van der Waals surface area contributed by atoms with Crippen molar-refractivity contribution in [3.8, 4) is 5.75 Å². The Morgan fingerprint density at radius 2 is 1.70 bits per heavy atom. The van der Waals surface area contributed by atoms with Crippen molar-refractivity contribution < 1.29 is 29.1 Å². The number of aryl methyl sites for hydroxylation is 2. The molecule has 0 aromatic heterocycles. The number of nitrogens with zero attached hydrogens (tertiary/aromatic N) is 1. The first kappa shape index (κ1) is 30.6. The molecular formula is C30H40N4O6. The molecule has 0 aliphatic carbocycles. The minimum Gasteiger partial charge on any atom is -0.489 e. The van der Waals surface area contributed by atoms with Crippen LogP contribution in [0.4, 0.5) is 0 Å². The van der Waals surface area contributed by atoms with Gasteiger partial charge in [0.1, 0.15) is 18.4 Å². The lowest BCUT2D eigenvalue weighted by molar-refractivity contribution is -0.145. The summed E-state index contributed by atoms with van der Waals surface area (Å²) in [7, 11) is 1.47. The monoisotopic (exact) mass is 552 g/mol. The van der Waals surface area contributed by atoms with E-state index in [4.69, 9.17) is 4.74 Å². The number of carbonyl (C=O) groups excluding carboxylic acids is 4. The van der Waals surface area contributed by atoms with Crippen molar-refractivity contribution in [3.05, 3.63) is 64.7 Å². The number of hydroxylamine groups is 1. The molecule has 1 aliphatic heterocycles. The maximum absolute atomic E-state index is 14.0. The number of nitrogens with one attached hydrogen (secondary N) is 3. The van der Waals surface area contributed by atoms with Gasteiger partial charge < -0.3 is 20.3 Å². The van der Waals surface area contributed by atoms with Gasteiger partial charge >= 0.3 is 0 Å². The van der Waals surface area contributed by atoms with Crippen LogP contribution >= 0.6 is 0 Å². The number of likely N-dealkylation sites (N-methyl/N-ethyl adjacent to an activating group) is 1. The van der Waals surface area contributed by atoms with Crippen molar-refractivity contribution in [1.82, 2.24) is 21.0 Å². The summed E-state index contributed by atoms with van der Waals surface area (Å²) in [5, 5.41) is 14.4. The summed E-state index contributed by atoms with van der Waals surface area (Å²) in [5.41, 5.74) is 4.40. The average Bonchev–Trinajstić information content (AvgIpc) is 3.24. The first-order valence-corrected chi connectivity index (χ1v) is 13.5. The van der Waals surface area contributed by atoms with Crippen LogP contribution in [0.25, 0.3) is 0 Å². The predicted molar refractivity (Wildman–Crippen MR) is 150 cm³/mol. The molecule has 2 unspecified atom stereocenters. The van der Waals surface area contributed by atoms with Gasteiger partial charge in [-0.2, -0.15) is 0 Å². The van der Waals surface area contributed by atoms with E-state index in [1.807, 2.05) is 27.7 Å². The maximum atomic E-state index is 14.0. The number of rotatable bonds is 12. The Bertz CT molecular complexity index is 1210. The van der Waals surface area contributed by atoms with Gasteiger partial charge in [0, 0.05) is 20.0 Å². The highest BCUT2D eigenvalue weighted by Crippen LogP contribution is 2.41. The summed E-state index contributed by atoms with van der Waals surface area (Å²) < 4.78 is 5.99. The molecule has 1 fully saturated rings. The fraction of sp³-hybridized carbons (Fsp3) is 0.467. The molecule has 0 radical (unpaired) electrons. The van der Waals surface area contributed by atoms with Crippen LogP contribution in [0.15, 0.2) is 42.5 Å². The third kappa shape index (κ3) is 7.38. The van der Waals surface area contributed by atoms with Crippen molar-refractivity contribution in [3.63, 3.8) is 0 Å². The highest BCUT2D eigenvalue weighted by molar-refractivity contribution is 5.98. The van der Waals surface area contributed by atoms with Crippen molar-refractivity contribution in [2.45, 2.75) is 65.0 Å². The predicted octanol–water partition coefficient (Wildman–Crippen LogP) is 2.52. The molecule has 1 aliphatic rings. The van der Waals surface area contributed by atoms with Crippen LogP contribution in [0.3, 0.4) is 0 Å². The van der Waals surface area contributed by atoms with Crippen LogP contribution in [0, 0.1) is 19.8 Å². The van der Waals surface area contributed by atoms with Crippen molar-refractivity contribution in [2.24, 2.45) is 5.92 Å². The Balaban J connectivity index is 1.88. The van der Waals surface area contributed by atoms with E-state index in [1.54, 1.807) is 29.7 Å². The lowest BCUT2D eigenvalue weighted by Crippen LogP contribution is -2.51. The van der Waals surface area contributed by atoms with Gasteiger partial charge in [0.05, 0.1) is 12.0 Å². The van der Waals surface area contributed by atoms with Crippen molar-refractivity contribution in [2.75, 3.05) is 20.1 Å². The average molecular weight is 553 g/mol. The summed E-state index contributed by atoms with van der Waals surface area (Å²) in [4.78, 5) is 52.7. The summed E-state index contributed by atoms with van der Waals surface area (Å²) in [6, 6.07) is 12.4. The fourth-order valence-corrected chi connectivity index (χ4v) is 5.32. The molecule has 10 heteroatoms. The Hall–Kier alpha value is -3.92. The van der Waals surface area contributed by atoms with E-state index in [0.717, 1.165) is 16.7 Å². The van der Waals surface area contributed by atoms with Crippen LogP contribution in [0.2, 0.25) is 0 Å². The van der Waals surface area contributed by atoms with Gasteiger partial charge in [-0.15, -0.1) is 0 Å². The zero-order valence-corrected chi connectivity index (χ0v) is 23.9. The second kappa shape index (κ2) is 13.4. The number of amides is 4. The van der Waals surface area contributed by atoms with E-state index in [1.165, 1.54) is 11.9 Å². The molecule has 10 nitrogen and oxygen atoms in total. The smallest absolute Gasteiger partial charge is 0.266 e. The third-order valence-electron chi connectivity index (χ3n) is 7.21. The molecule has 216 valence electrons. The molecule has 4 N–H and O–H groups in total. The lowest BCUT2D eigenvalue weighted by Gasteiger charge is -2.32. The number of carbonyl (C=O) groups is 4. The van der Waals surface area contributed by atoms with Gasteiger partial charge in [-0.25, -0.2) is 5.48 Å². The lowest BCUT2D eigenvalue weighted by atomic mass is 9.75. The number of ether oxygens (including phenoxy) is 1. The number of hydrogen-bond acceptors (Lipinski definition) is 6. The quantitative estimate of drug-likeness (QED) is 0.236. The molecule has 1 heterocycles. The van der Waals surface area contributed by atoms with Crippen molar-refractivity contribution in [1.29, 1.82) is 0 Å².